The number of hydrogen-bond donors (Lipinski definition) is 6. The lowest BCUT2D eigenvalue weighted by molar-refractivity contribution is -0.290. The van der Waals surface area contributed by atoms with Gasteiger partial charge in [0.15, 0.2) is 28.2 Å². The maximum atomic E-state index is 14.6. The molecule has 8 aromatic rings. The molecule has 5 atom stereocenters. The number of hydrogen-bond acceptors (Lipinski definition) is 12. The molecule has 8 rings (SSSR count). The molecule has 0 aliphatic heterocycles. The number of methoxy groups -OCH3 is 1. The van der Waals surface area contributed by atoms with Crippen LogP contribution in [0.2, 0.25) is 0 Å². The average Bonchev–Trinajstić information content (AvgIpc) is 0.719. The highest BCUT2D eigenvalue weighted by Crippen LogP contribution is 2.59. The minimum Gasteiger partial charge on any atom is -0.508 e. The lowest BCUT2D eigenvalue weighted by Crippen LogP contribution is -2.54. The number of aromatic hydroxyl groups is 2. The number of benzene rings is 8. The molecule has 0 aliphatic rings. The summed E-state index contributed by atoms with van der Waals surface area (Å²) >= 11 is 10.4. The Balaban J connectivity index is 0.000000389. The third-order valence-electron chi connectivity index (χ3n) is 17.4. The van der Waals surface area contributed by atoms with Crippen LogP contribution in [0.3, 0.4) is 0 Å². The molecule has 112 heavy (non-hydrogen) atoms. The maximum Gasteiger partial charge on any atom is 0.421 e. The number of phenols is 2. The van der Waals surface area contributed by atoms with E-state index in [9.17, 15) is 155 Å². The van der Waals surface area contributed by atoms with Crippen LogP contribution in [0.15, 0.2) is 170 Å². The molecule has 5 unspecified atom stereocenters. The number of esters is 1. The highest BCUT2D eigenvalue weighted by Gasteiger charge is 2.74. The molecule has 0 fully saturated rings. The average molecular weight is 1690 g/mol. The summed E-state index contributed by atoms with van der Waals surface area (Å²) in [6, 6.07) is 20.0. The Morgan fingerprint density at radius 2 is 0.545 bits per heavy atom. The molecule has 0 heterocycles. The van der Waals surface area contributed by atoms with Crippen LogP contribution in [0, 0.1) is 0 Å². The first kappa shape index (κ1) is 95.2. The van der Waals surface area contributed by atoms with Gasteiger partial charge in [-0.15, -0.1) is 0 Å². The number of phenolic OH excluding ortho intramolecular Hbond substituents is 2. The van der Waals surface area contributed by atoms with E-state index < -0.39 is 178 Å². The second-order valence-electron chi connectivity index (χ2n) is 24.7. The van der Waals surface area contributed by atoms with Crippen molar-refractivity contribution >= 4 is 55.3 Å². The van der Waals surface area contributed by atoms with Crippen molar-refractivity contribution in [1.29, 1.82) is 0 Å². The summed E-state index contributed by atoms with van der Waals surface area (Å²) in [6.07, 6.45) is -44.7. The third kappa shape index (κ3) is 18.5. The fourth-order valence-corrected chi connectivity index (χ4v) is 11.2. The molecule has 12 nitrogen and oxygen atoms in total. The van der Waals surface area contributed by atoms with Gasteiger partial charge in [-0.05, 0) is 187 Å². The highest BCUT2D eigenvalue weighted by molar-refractivity contribution is 6.92. The quantitative estimate of drug-likeness (QED) is 0.0133. The lowest BCUT2D eigenvalue weighted by Gasteiger charge is -2.38. The molecule has 8 aromatic carbocycles. The van der Waals surface area contributed by atoms with Gasteiger partial charge in [-0.2, -0.15) is 115 Å². The number of aliphatic hydroxyl groups is 4. The largest absolute Gasteiger partial charge is 0.508 e. The molecule has 0 saturated heterocycles. The molecule has 39 heteroatoms. The van der Waals surface area contributed by atoms with Crippen LogP contribution >= 0.6 is 33.1 Å². The molecular formula is C73H59Cl2F24O12P. The molecule has 0 radical (unpaired) electrons. The zero-order chi connectivity index (χ0) is 84.1. The number of carbonyl (C=O) groups is 4. The standard InChI is InChI=1S/C37H28F12O6.C18H16F6O4.C17H8Cl2F6O2.CH4.H3P/c1-19(50)20-5-11-24(12-6-20)33(36(44,45)46,37(47,48)49)25-13-7-21(8-14-25)30(51)55-29-16-10-23(18-27(29)32(3,53)35(41,42)43)22-9-15-28(54-4)26(17-22)31(2,52)34(38,39)40;1-15(27,17(19,20)21)11-7-9(3-5-13(11)25)10-4-6-14(26)12(8-10)16(2,28)18(22,23)24;18-13(26)9-1-5-11(6-2-9)15(16(20,21)22,17(23,24)25)12-7-3-10(4-8-12)14(19)27;;/h5-18,52-53H,1-4H3;3-8,25-28H,1-2H3;1-8H;1H4;1H3. The summed E-state index contributed by atoms with van der Waals surface area (Å²) in [6.45, 7) is 2.54. The molecule has 0 saturated carbocycles. The van der Waals surface area contributed by atoms with E-state index in [2.05, 4.69) is 0 Å². The van der Waals surface area contributed by atoms with E-state index in [1.807, 2.05) is 0 Å². The van der Waals surface area contributed by atoms with Crippen LogP contribution in [0.5, 0.6) is 23.0 Å². The van der Waals surface area contributed by atoms with Gasteiger partial charge in [0.2, 0.25) is 10.8 Å². The van der Waals surface area contributed by atoms with Crippen molar-refractivity contribution in [1.82, 2.24) is 0 Å². The van der Waals surface area contributed by atoms with Crippen molar-refractivity contribution in [2.24, 2.45) is 0 Å². The first-order valence-corrected chi connectivity index (χ1v) is 31.1. The van der Waals surface area contributed by atoms with Crippen LogP contribution in [0.1, 0.15) is 128 Å². The van der Waals surface area contributed by atoms with Gasteiger partial charge in [0, 0.05) is 38.9 Å². The summed E-state index contributed by atoms with van der Waals surface area (Å²) in [7, 11) is 0.999. The molecule has 0 aliphatic carbocycles. The van der Waals surface area contributed by atoms with Gasteiger partial charge in [0.25, 0.3) is 10.5 Å². The monoisotopic (exact) mass is 1680 g/mol. The minimum atomic E-state index is -6.04. The molecule has 610 valence electrons. The number of ether oxygens (including phenoxy) is 2. The third-order valence-corrected chi connectivity index (χ3v) is 17.9. The van der Waals surface area contributed by atoms with Gasteiger partial charge >= 0.3 is 55.4 Å². The topological polar surface area (TPSA) is 208 Å². The fourth-order valence-electron chi connectivity index (χ4n) is 10.9. The Hall–Kier alpha value is -9.19. The second-order valence-corrected chi connectivity index (χ2v) is 25.3. The molecule has 6 N–H and O–H groups in total. The first-order valence-electron chi connectivity index (χ1n) is 30.3. The van der Waals surface area contributed by atoms with Crippen LogP contribution in [0.4, 0.5) is 105 Å². The highest BCUT2D eigenvalue weighted by atomic mass is 35.5. The van der Waals surface area contributed by atoms with Crippen molar-refractivity contribution in [2.45, 2.75) is 125 Å². The van der Waals surface area contributed by atoms with Crippen LogP contribution in [-0.4, -0.2) is 109 Å². The number of Topliss-reactive ketones (excluding diaryl/α,β-unsaturated/α-hetero) is 1. The van der Waals surface area contributed by atoms with E-state index in [4.69, 9.17) is 32.7 Å². The summed E-state index contributed by atoms with van der Waals surface area (Å²) in [5.74, 6) is -5.42. The Morgan fingerprint density at radius 1 is 0.321 bits per heavy atom. The van der Waals surface area contributed by atoms with Gasteiger partial charge in [0.05, 0.1) is 12.7 Å². The van der Waals surface area contributed by atoms with E-state index in [1.54, 1.807) is 0 Å². The van der Waals surface area contributed by atoms with Crippen LogP contribution < -0.4 is 9.47 Å². The molecule has 0 bridgehead atoms. The fraction of sp³-hybridized carbons (Fsp3) is 0.288. The maximum absolute atomic E-state index is 14.6. The second kappa shape index (κ2) is 33.1. The summed E-state index contributed by atoms with van der Waals surface area (Å²) in [5.41, 5.74) is -34.3. The van der Waals surface area contributed by atoms with Gasteiger partial charge in [-0.1, -0.05) is 92.4 Å². The molecule has 0 aromatic heterocycles. The van der Waals surface area contributed by atoms with E-state index in [-0.39, 0.29) is 63.2 Å². The number of halogens is 26. The van der Waals surface area contributed by atoms with Crippen molar-refractivity contribution in [3.8, 4) is 45.3 Å². The number of carbonyl (C=O) groups excluding carboxylic acids is 4. The minimum absolute atomic E-state index is 0. The van der Waals surface area contributed by atoms with Crippen LogP contribution in [0.25, 0.3) is 22.3 Å². The Kier molecular flexibility index (Phi) is 28.1. The summed E-state index contributed by atoms with van der Waals surface area (Å²) < 4.78 is 343. The SMILES string of the molecule is C.CC(O)(c1cc(-c2ccc(O)c(C(C)(O)C(F)(F)F)c2)ccc1O)C(F)(F)F.COc1ccc(-c2ccc(OC(=O)c3ccc(C(c4ccc(C(C)=O)cc4)(C(F)(F)F)C(F)(F)F)cc3)c(C(C)(O)C(F)(F)F)c2)cc1C(C)(O)C(F)(F)F.O=C(Cl)c1ccc(C(c2ccc(C(=O)Cl)cc2)(C(F)(F)F)C(F)(F)F)cc1.P. The van der Waals surface area contributed by atoms with Gasteiger partial charge in [-0.25, -0.2) is 4.79 Å². The van der Waals surface area contributed by atoms with Crippen molar-refractivity contribution in [3.63, 3.8) is 0 Å². The zero-order valence-corrected chi connectivity index (χ0v) is 59.8. The predicted octanol–water partition coefficient (Wildman–Crippen LogP) is 20.6. The van der Waals surface area contributed by atoms with Crippen molar-refractivity contribution in [3.05, 3.63) is 237 Å². The van der Waals surface area contributed by atoms with E-state index in [1.165, 1.54) is 0 Å². The van der Waals surface area contributed by atoms with Gasteiger partial charge in [0.1, 0.15) is 23.0 Å². The predicted molar refractivity (Wildman–Crippen MR) is 361 cm³/mol. The Morgan fingerprint density at radius 3 is 0.786 bits per heavy atom. The van der Waals surface area contributed by atoms with E-state index in [0.717, 1.165) is 111 Å². The Labute approximate surface area is 631 Å². The zero-order valence-electron chi connectivity index (χ0n) is 56.8. The first-order chi connectivity index (χ1) is 49.8. The smallest absolute Gasteiger partial charge is 0.421 e. The number of ketones is 1. The number of rotatable bonds is 16. The van der Waals surface area contributed by atoms with Gasteiger partial charge < -0.3 is 40.1 Å². The van der Waals surface area contributed by atoms with Crippen LogP contribution in [-0.2, 0) is 33.2 Å². The number of alkyl halides is 24. The molecular weight excluding hydrogens is 1630 g/mol. The summed E-state index contributed by atoms with van der Waals surface area (Å²) in [5, 5.41) is 57.9. The lowest BCUT2D eigenvalue weighted by atomic mass is 9.72. The summed E-state index contributed by atoms with van der Waals surface area (Å²) in [4.78, 5) is 46.8. The van der Waals surface area contributed by atoms with Crippen molar-refractivity contribution in [2.75, 3.05) is 7.11 Å². The van der Waals surface area contributed by atoms with E-state index in [0.29, 0.717) is 93.6 Å². The molecule has 0 spiro atoms. The molecule has 0 amide bonds. The normalized spacial score (nSPS) is 14.8. The van der Waals surface area contributed by atoms with Crippen molar-refractivity contribution < 1.29 is 165 Å². The van der Waals surface area contributed by atoms with Gasteiger partial charge in [-0.3, -0.25) is 14.4 Å². The van der Waals surface area contributed by atoms with E-state index >= 15 is 0 Å². The Bertz CT molecular complexity index is 4540.